The van der Waals surface area contributed by atoms with Crippen LogP contribution in [0, 0.1) is 11.8 Å². The van der Waals surface area contributed by atoms with Gasteiger partial charge >= 0.3 is 0 Å². The summed E-state index contributed by atoms with van der Waals surface area (Å²) in [5.74, 6) is 0.993. The molecule has 2 heterocycles. The minimum Gasteiger partial charge on any atom is -0.356 e. The van der Waals surface area contributed by atoms with Crippen molar-refractivity contribution < 1.29 is 4.79 Å². The van der Waals surface area contributed by atoms with Crippen molar-refractivity contribution in [3.63, 3.8) is 0 Å². The molecular formula is C15H29N3O. The average Bonchev–Trinajstić information content (AvgIpc) is 2.47. The maximum absolute atomic E-state index is 12.0. The second-order valence-electron chi connectivity index (χ2n) is 6.25. The van der Waals surface area contributed by atoms with Crippen LogP contribution in [0.2, 0.25) is 0 Å². The number of carbonyl (C=O) groups is 1. The molecule has 2 atom stereocenters. The first-order valence-electron chi connectivity index (χ1n) is 7.96. The summed E-state index contributed by atoms with van der Waals surface area (Å²) in [6.07, 6.45) is 6.23. The van der Waals surface area contributed by atoms with Crippen LogP contribution in [0.1, 0.15) is 39.0 Å². The molecule has 110 valence electrons. The van der Waals surface area contributed by atoms with E-state index < -0.39 is 0 Å². The van der Waals surface area contributed by atoms with Gasteiger partial charge < -0.3 is 15.5 Å². The van der Waals surface area contributed by atoms with E-state index in [-0.39, 0.29) is 11.8 Å². The third kappa shape index (κ3) is 5.11. The molecule has 2 N–H and O–H groups in total. The van der Waals surface area contributed by atoms with Crippen LogP contribution in [0.3, 0.4) is 0 Å². The van der Waals surface area contributed by atoms with Crippen molar-refractivity contribution in [1.82, 2.24) is 15.5 Å². The summed E-state index contributed by atoms with van der Waals surface area (Å²) < 4.78 is 0. The molecule has 19 heavy (non-hydrogen) atoms. The number of hydrogen-bond acceptors (Lipinski definition) is 3. The van der Waals surface area contributed by atoms with Crippen molar-refractivity contribution in [2.24, 2.45) is 11.8 Å². The zero-order valence-electron chi connectivity index (χ0n) is 12.3. The van der Waals surface area contributed by atoms with E-state index in [2.05, 4.69) is 22.5 Å². The standard InChI is InChI=1S/C15H29N3O/c1-13(12-18-8-3-2-4-9-18)10-17-15(19)14-6-5-7-16-11-14/h13-14,16H,2-12H2,1H3,(H,17,19). The Kier molecular flexibility index (Phi) is 6.11. The van der Waals surface area contributed by atoms with E-state index in [0.717, 1.165) is 39.0 Å². The second kappa shape index (κ2) is 7.85. The van der Waals surface area contributed by atoms with Gasteiger partial charge in [0, 0.05) is 19.6 Å². The highest BCUT2D eigenvalue weighted by Crippen LogP contribution is 2.12. The molecule has 0 bridgehead atoms. The van der Waals surface area contributed by atoms with Crippen molar-refractivity contribution >= 4 is 5.91 Å². The Hall–Kier alpha value is -0.610. The Bertz CT molecular complexity index is 271. The molecular weight excluding hydrogens is 238 g/mol. The van der Waals surface area contributed by atoms with E-state index in [4.69, 9.17) is 0 Å². The van der Waals surface area contributed by atoms with Crippen LogP contribution in [0.5, 0.6) is 0 Å². The number of nitrogens with zero attached hydrogens (tertiary/aromatic N) is 1. The predicted molar refractivity (Wildman–Crippen MR) is 78.1 cm³/mol. The second-order valence-corrected chi connectivity index (χ2v) is 6.25. The monoisotopic (exact) mass is 267 g/mol. The van der Waals surface area contributed by atoms with E-state index in [1.165, 1.54) is 32.4 Å². The number of carbonyl (C=O) groups excluding carboxylic acids is 1. The molecule has 0 radical (unpaired) electrons. The Morgan fingerprint density at radius 1 is 1.32 bits per heavy atom. The van der Waals surface area contributed by atoms with E-state index in [1.54, 1.807) is 0 Å². The number of amides is 1. The maximum Gasteiger partial charge on any atom is 0.224 e. The molecule has 2 aliphatic rings. The van der Waals surface area contributed by atoms with Gasteiger partial charge in [0.25, 0.3) is 0 Å². The number of piperidine rings is 2. The van der Waals surface area contributed by atoms with E-state index in [1.807, 2.05) is 0 Å². The van der Waals surface area contributed by atoms with Crippen LogP contribution in [-0.4, -0.2) is 50.1 Å². The molecule has 4 heteroatoms. The molecule has 0 saturated carbocycles. The van der Waals surface area contributed by atoms with Gasteiger partial charge in [-0.25, -0.2) is 0 Å². The third-order valence-electron chi connectivity index (χ3n) is 4.31. The highest BCUT2D eigenvalue weighted by molar-refractivity contribution is 5.78. The van der Waals surface area contributed by atoms with Crippen molar-refractivity contribution in [3.05, 3.63) is 0 Å². The Morgan fingerprint density at radius 3 is 2.79 bits per heavy atom. The van der Waals surface area contributed by atoms with Gasteiger partial charge in [-0.3, -0.25) is 4.79 Å². The van der Waals surface area contributed by atoms with Gasteiger partial charge in [-0.2, -0.15) is 0 Å². The lowest BCUT2D eigenvalue weighted by Gasteiger charge is -2.29. The first kappa shape index (κ1) is 14.8. The molecule has 0 spiro atoms. The first-order valence-corrected chi connectivity index (χ1v) is 7.96. The van der Waals surface area contributed by atoms with Gasteiger partial charge in [0.1, 0.15) is 0 Å². The third-order valence-corrected chi connectivity index (χ3v) is 4.31. The van der Waals surface area contributed by atoms with Gasteiger partial charge in [0.05, 0.1) is 5.92 Å². The fourth-order valence-corrected chi connectivity index (χ4v) is 3.14. The Balaban J connectivity index is 1.61. The number of hydrogen-bond donors (Lipinski definition) is 2. The molecule has 0 aliphatic carbocycles. The normalized spacial score (nSPS) is 26.9. The quantitative estimate of drug-likeness (QED) is 0.787. The lowest BCUT2D eigenvalue weighted by Crippen LogP contribution is -2.43. The fourth-order valence-electron chi connectivity index (χ4n) is 3.14. The van der Waals surface area contributed by atoms with E-state index in [0.29, 0.717) is 5.92 Å². The van der Waals surface area contributed by atoms with Gasteiger partial charge in [-0.15, -0.1) is 0 Å². The summed E-state index contributed by atoms with van der Waals surface area (Å²) in [5.41, 5.74) is 0. The van der Waals surface area contributed by atoms with Crippen LogP contribution < -0.4 is 10.6 Å². The molecule has 2 saturated heterocycles. The van der Waals surface area contributed by atoms with Crippen LogP contribution >= 0.6 is 0 Å². The molecule has 2 rings (SSSR count). The topological polar surface area (TPSA) is 44.4 Å². The minimum absolute atomic E-state index is 0.191. The summed E-state index contributed by atoms with van der Waals surface area (Å²) in [7, 11) is 0. The molecule has 0 aromatic heterocycles. The zero-order chi connectivity index (χ0) is 13.5. The highest BCUT2D eigenvalue weighted by atomic mass is 16.1. The van der Waals surface area contributed by atoms with Crippen molar-refractivity contribution in [2.75, 3.05) is 39.3 Å². The molecule has 2 fully saturated rings. The molecule has 4 nitrogen and oxygen atoms in total. The van der Waals surface area contributed by atoms with Gasteiger partial charge in [0.2, 0.25) is 5.91 Å². The van der Waals surface area contributed by atoms with Gasteiger partial charge in [-0.1, -0.05) is 13.3 Å². The van der Waals surface area contributed by atoms with Crippen LogP contribution in [0.15, 0.2) is 0 Å². The van der Waals surface area contributed by atoms with E-state index >= 15 is 0 Å². The minimum atomic E-state index is 0.191. The van der Waals surface area contributed by atoms with Crippen molar-refractivity contribution in [1.29, 1.82) is 0 Å². The molecule has 1 amide bonds. The largest absolute Gasteiger partial charge is 0.356 e. The number of likely N-dealkylation sites (tertiary alicyclic amines) is 1. The smallest absolute Gasteiger partial charge is 0.224 e. The summed E-state index contributed by atoms with van der Waals surface area (Å²) >= 11 is 0. The number of nitrogens with one attached hydrogen (secondary N) is 2. The van der Waals surface area contributed by atoms with Crippen molar-refractivity contribution in [3.8, 4) is 0 Å². The fraction of sp³-hybridized carbons (Fsp3) is 0.933. The molecule has 2 unspecified atom stereocenters. The summed E-state index contributed by atoms with van der Waals surface area (Å²) in [6, 6.07) is 0. The van der Waals surface area contributed by atoms with Crippen LogP contribution in [0.25, 0.3) is 0 Å². The Labute approximate surface area is 117 Å². The zero-order valence-corrected chi connectivity index (χ0v) is 12.3. The van der Waals surface area contributed by atoms with Crippen LogP contribution in [-0.2, 0) is 4.79 Å². The average molecular weight is 267 g/mol. The molecule has 0 aromatic rings. The predicted octanol–water partition coefficient (Wildman–Crippen LogP) is 1.22. The first-order chi connectivity index (χ1) is 9.25. The molecule has 0 aromatic carbocycles. The summed E-state index contributed by atoms with van der Waals surface area (Å²) in [4.78, 5) is 14.6. The highest BCUT2D eigenvalue weighted by Gasteiger charge is 2.21. The lowest BCUT2D eigenvalue weighted by molar-refractivity contribution is -0.125. The maximum atomic E-state index is 12.0. The number of rotatable bonds is 5. The molecule has 2 aliphatic heterocycles. The van der Waals surface area contributed by atoms with E-state index in [9.17, 15) is 4.79 Å². The van der Waals surface area contributed by atoms with Gasteiger partial charge in [0.15, 0.2) is 0 Å². The summed E-state index contributed by atoms with van der Waals surface area (Å²) in [6.45, 7) is 8.60. The summed E-state index contributed by atoms with van der Waals surface area (Å²) in [5, 5.41) is 6.44. The van der Waals surface area contributed by atoms with Gasteiger partial charge in [-0.05, 0) is 51.2 Å². The van der Waals surface area contributed by atoms with Crippen molar-refractivity contribution in [2.45, 2.75) is 39.0 Å². The van der Waals surface area contributed by atoms with Crippen LogP contribution in [0.4, 0.5) is 0 Å². The lowest BCUT2D eigenvalue weighted by atomic mass is 9.98. The Morgan fingerprint density at radius 2 is 2.11 bits per heavy atom. The SMILES string of the molecule is CC(CNC(=O)C1CCCNC1)CN1CCCCC1.